The Kier molecular flexibility index (Phi) is 6.86. The number of halogens is 4. The van der Waals surface area contributed by atoms with Crippen LogP contribution in [-0.4, -0.2) is 20.9 Å². The summed E-state index contributed by atoms with van der Waals surface area (Å²) in [6.07, 6.45) is -0.118. The van der Waals surface area contributed by atoms with Crippen LogP contribution in [0.4, 0.5) is 23.2 Å². The van der Waals surface area contributed by atoms with E-state index in [0.29, 0.717) is 18.2 Å². The molecule has 0 aliphatic rings. The number of carbonyl (C=O) groups is 1. The van der Waals surface area contributed by atoms with E-state index in [0.717, 1.165) is 34.1 Å². The molecule has 9 heteroatoms. The summed E-state index contributed by atoms with van der Waals surface area (Å²) in [7, 11) is 0. The molecule has 1 amide bonds. The van der Waals surface area contributed by atoms with Gasteiger partial charge in [-0.05, 0) is 60.0 Å². The molecule has 5 nitrogen and oxygen atoms in total. The van der Waals surface area contributed by atoms with Gasteiger partial charge in [-0.25, -0.2) is 14.4 Å². The van der Waals surface area contributed by atoms with Gasteiger partial charge in [-0.3, -0.25) is 9.78 Å². The first kappa shape index (κ1) is 24.0. The zero-order valence-electron chi connectivity index (χ0n) is 18.6. The molecular weight excluding hydrogens is 460 g/mol. The summed E-state index contributed by atoms with van der Waals surface area (Å²) >= 11 is 0. The van der Waals surface area contributed by atoms with Gasteiger partial charge >= 0.3 is 6.18 Å². The first-order chi connectivity index (χ1) is 16.7. The number of alkyl halides is 3. The van der Waals surface area contributed by atoms with Crippen LogP contribution in [-0.2, 0) is 23.8 Å². The van der Waals surface area contributed by atoms with Gasteiger partial charge in [0.1, 0.15) is 12.1 Å². The van der Waals surface area contributed by atoms with Crippen LogP contribution < -0.4 is 5.32 Å². The molecule has 0 aliphatic carbocycles. The van der Waals surface area contributed by atoms with E-state index in [9.17, 15) is 22.4 Å². The van der Waals surface area contributed by atoms with Crippen molar-refractivity contribution in [1.82, 2.24) is 15.0 Å². The lowest BCUT2D eigenvalue weighted by atomic mass is 9.99. The quantitative estimate of drug-likeness (QED) is 0.356. The number of hydrogen-bond donors (Lipinski definition) is 1. The van der Waals surface area contributed by atoms with Gasteiger partial charge in [-0.15, -0.1) is 0 Å². The zero-order valence-corrected chi connectivity index (χ0v) is 18.6. The van der Waals surface area contributed by atoms with Crippen molar-refractivity contribution in [3.63, 3.8) is 0 Å². The fourth-order valence-electron chi connectivity index (χ4n) is 3.70. The van der Waals surface area contributed by atoms with Crippen molar-refractivity contribution in [2.45, 2.75) is 25.9 Å². The van der Waals surface area contributed by atoms with Crippen LogP contribution in [0, 0.1) is 12.7 Å². The minimum atomic E-state index is -4.83. The van der Waals surface area contributed by atoms with E-state index >= 15 is 0 Å². The van der Waals surface area contributed by atoms with Crippen molar-refractivity contribution in [2.75, 3.05) is 5.32 Å². The average molecular weight is 480 g/mol. The summed E-state index contributed by atoms with van der Waals surface area (Å²) in [6.45, 7) is 1.92. The number of benzene rings is 2. The van der Waals surface area contributed by atoms with Crippen molar-refractivity contribution in [1.29, 1.82) is 0 Å². The number of rotatable bonds is 6. The molecule has 178 valence electrons. The molecule has 0 unspecified atom stereocenters. The highest BCUT2D eigenvalue weighted by molar-refractivity contribution is 5.92. The third kappa shape index (κ3) is 5.68. The van der Waals surface area contributed by atoms with Crippen molar-refractivity contribution in [3.8, 4) is 11.3 Å². The number of nitrogens with zero attached hydrogens (tertiary/aromatic N) is 3. The van der Waals surface area contributed by atoms with Gasteiger partial charge < -0.3 is 5.32 Å². The molecule has 0 bridgehead atoms. The topological polar surface area (TPSA) is 67.8 Å². The molecule has 0 saturated carbocycles. The molecular formula is C26H20F4N4O. The van der Waals surface area contributed by atoms with Crippen LogP contribution in [0.3, 0.4) is 0 Å². The molecule has 1 N–H and O–H groups in total. The Morgan fingerprint density at radius 1 is 0.971 bits per heavy atom. The second-order valence-corrected chi connectivity index (χ2v) is 7.91. The van der Waals surface area contributed by atoms with E-state index in [1.807, 2.05) is 25.1 Å². The maximum Gasteiger partial charge on any atom is 0.419 e. The molecule has 35 heavy (non-hydrogen) atoms. The summed E-state index contributed by atoms with van der Waals surface area (Å²) in [5.74, 6) is -2.07. The number of amides is 1. The number of hydrogen-bond acceptors (Lipinski definition) is 4. The predicted molar refractivity (Wildman–Crippen MR) is 123 cm³/mol. The fourth-order valence-corrected chi connectivity index (χ4v) is 3.70. The van der Waals surface area contributed by atoms with Crippen LogP contribution >= 0.6 is 0 Å². The minimum absolute atomic E-state index is 0.326. The maximum atomic E-state index is 14.3. The lowest BCUT2D eigenvalue weighted by Gasteiger charge is -2.13. The zero-order chi connectivity index (χ0) is 25.0. The highest BCUT2D eigenvalue weighted by atomic mass is 19.4. The second kappa shape index (κ2) is 10.0. The van der Waals surface area contributed by atoms with Crippen LogP contribution in [0.5, 0.6) is 0 Å². The largest absolute Gasteiger partial charge is 0.419 e. The Morgan fingerprint density at radius 2 is 1.80 bits per heavy atom. The molecule has 2 heterocycles. The van der Waals surface area contributed by atoms with E-state index < -0.39 is 29.9 Å². The van der Waals surface area contributed by atoms with Crippen LogP contribution in [0.25, 0.3) is 11.3 Å². The number of pyridine rings is 1. The summed E-state index contributed by atoms with van der Waals surface area (Å²) < 4.78 is 53.2. The van der Waals surface area contributed by atoms with Crippen molar-refractivity contribution >= 4 is 11.6 Å². The minimum Gasteiger partial charge on any atom is -0.326 e. The average Bonchev–Trinajstić information content (AvgIpc) is 2.83. The van der Waals surface area contributed by atoms with Crippen LogP contribution in [0.2, 0.25) is 0 Å². The molecule has 4 rings (SSSR count). The Morgan fingerprint density at radius 3 is 2.54 bits per heavy atom. The second-order valence-electron chi connectivity index (χ2n) is 7.91. The van der Waals surface area contributed by atoms with Crippen molar-refractivity contribution < 1.29 is 22.4 Å². The Hall–Kier alpha value is -4.14. The first-order valence-electron chi connectivity index (χ1n) is 10.7. The molecule has 4 aromatic rings. The Labute approximate surface area is 198 Å². The van der Waals surface area contributed by atoms with Gasteiger partial charge in [0.2, 0.25) is 5.91 Å². The standard InChI is InChI=1S/C26H20F4N4O/c1-16-7-8-19(34-24(35)14-17-4-2-6-21(25(17)27)26(28,29)30)12-18(16)13-23-20(5-3-10-32-23)22-9-11-31-15-33-22/h2-12,15H,13-14H2,1H3,(H,34,35). The maximum absolute atomic E-state index is 14.3. The van der Waals surface area contributed by atoms with Gasteiger partial charge in [0, 0.05) is 30.1 Å². The molecule has 2 aromatic heterocycles. The van der Waals surface area contributed by atoms with Gasteiger partial charge in [0.15, 0.2) is 0 Å². The molecule has 2 aromatic carbocycles. The van der Waals surface area contributed by atoms with Gasteiger partial charge in [-0.1, -0.05) is 18.2 Å². The predicted octanol–water partition coefficient (Wildman–Crippen LogP) is 5.78. The van der Waals surface area contributed by atoms with E-state index in [1.54, 1.807) is 30.6 Å². The number of aromatic nitrogens is 3. The van der Waals surface area contributed by atoms with E-state index in [-0.39, 0.29) is 5.56 Å². The SMILES string of the molecule is Cc1ccc(NC(=O)Cc2cccc(C(F)(F)F)c2F)cc1Cc1ncccc1-c1ccncn1. The first-order valence-corrected chi connectivity index (χ1v) is 10.7. The van der Waals surface area contributed by atoms with E-state index in [1.165, 1.54) is 12.4 Å². The summed E-state index contributed by atoms with van der Waals surface area (Å²) in [5.41, 5.74) is 2.94. The molecule has 0 aliphatic heterocycles. The fraction of sp³-hybridized carbons (Fsp3) is 0.154. The Bertz CT molecular complexity index is 1360. The van der Waals surface area contributed by atoms with E-state index in [4.69, 9.17) is 0 Å². The van der Waals surface area contributed by atoms with Crippen molar-refractivity contribution in [2.24, 2.45) is 0 Å². The molecule has 0 radical (unpaired) electrons. The summed E-state index contributed by atoms with van der Waals surface area (Å²) in [4.78, 5) is 25.2. The third-order valence-electron chi connectivity index (χ3n) is 5.47. The lowest BCUT2D eigenvalue weighted by molar-refractivity contribution is -0.140. The lowest BCUT2D eigenvalue weighted by Crippen LogP contribution is -2.17. The van der Waals surface area contributed by atoms with Gasteiger partial charge in [-0.2, -0.15) is 13.2 Å². The smallest absolute Gasteiger partial charge is 0.326 e. The van der Waals surface area contributed by atoms with Gasteiger partial charge in [0.25, 0.3) is 0 Å². The summed E-state index contributed by atoms with van der Waals surface area (Å²) in [5, 5.41) is 2.65. The molecule has 0 atom stereocenters. The monoisotopic (exact) mass is 480 g/mol. The number of carbonyl (C=O) groups excluding carboxylic acids is 1. The normalized spacial score (nSPS) is 11.3. The third-order valence-corrected chi connectivity index (χ3v) is 5.47. The molecule has 0 saturated heterocycles. The Balaban J connectivity index is 1.53. The highest BCUT2D eigenvalue weighted by Crippen LogP contribution is 2.32. The van der Waals surface area contributed by atoms with Crippen molar-refractivity contribution in [3.05, 3.63) is 107 Å². The summed E-state index contributed by atoms with van der Waals surface area (Å²) in [6, 6.07) is 13.7. The number of anilines is 1. The highest BCUT2D eigenvalue weighted by Gasteiger charge is 2.34. The molecule has 0 fully saturated rings. The van der Waals surface area contributed by atoms with E-state index in [2.05, 4.69) is 20.3 Å². The number of aryl methyl sites for hydroxylation is 1. The molecule has 0 spiro atoms. The van der Waals surface area contributed by atoms with Crippen LogP contribution in [0.1, 0.15) is 27.9 Å². The van der Waals surface area contributed by atoms with Crippen LogP contribution in [0.15, 0.2) is 73.3 Å². The van der Waals surface area contributed by atoms with Gasteiger partial charge in [0.05, 0.1) is 23.4 Å². The number of nitrogens with one attached hydrogen (secondary N) is 1.